The molecule has 0 N–H and O–H groups in total. The van der Waals surface area contributed by atoms with Gasteiger partial charge in [-0.3, -0.25) is 0 Å². The Balaban J connectivity index is 2.77. The monoisotopic (exact) mass is 234 g/mol. The van der Waals surface area contributed by atoms with Crippen LogP contribution in [0.25, 0.3) is 11.1 Å². The Labute approximate surface area is 99.7 Å². The molecule has 2 aromatic rings. The van der Waals surface area contributed by atoms with Crippen LogP contribution in [0, 0.1) is 19.7 Å². The fourth-order valence-corrected chi connectivity index (χ4v) is 2.21. The Bertz CT molecular complexity index is 442. The average molecular weight is 235 g/mol. The van der Waals surface area contributed by atoms with Crippen molar-refractivity contribution in [1.82, 2.24) is 0 Å². The first-order valence-corrected chi connectivity index (χ1v) is 5.49. The van der Waals surface area contributed by atoms with E-state index in [1.807, 2.05) is 32.0 Å². The van der Waals surface area contributed by atoms with Crippen molar-refractivity contribution in [3.8, 4) is 11.1 Å². The third-order valence-corrected chi connectivity index (χ3v) is 3.01. The van der Waals surface area contributed by atoms with Crippen LogP contribution in [-0.4, -0.2) is 0 Å². The highest BCUT2D eigenvalue weighted by molar-refractivity contribution is 6.33. The van der Waals surface area contributed by atoms with E-state index in [1.165, 1.54) is 6.07 Å². The lowest BCUT2D eigenvalue weighted by Crippen LogP contribution is -1.92. The van der Waals surface area contributed by atoms with Crippen molar-refractivity contribution < 1.29 is 4.39 Å². The molecule has 0 aliphatic carbocycles. The van der Waals surface area contributed by atoms with E-state index in [1.54, 1.807) is 12.1 Å². The number of rotatable bonds is 1. The van der Waals surface area contributed by atoms with Crippen molar-refractivity contribution >= 4 is 11.6 Å². The summed E-state index contributed by atoms with van der Waals surface area (Å²) in [5, 5.41) is 0.591. The van der Waals surface area contributed by atoms with E-state index < -0.39 is 0 Å². The third-order valence-electron chi connectivity index (χ3n) is 2.69. The summed E-state index contributed by atoms with van der Waals surface area (Å²) in [7, 11) is 0. The molecule has 0 saturated heterocycles. The molecule has 0 spiro atoms. The molecule has 2 aromatic carbocycles. The first-order valence-electron chi connectivity index (χ1n) is 5.12. The van der Waals surface area contributed by atoms with Gasteiger partial charge in [-0.15, -0.1) is 0 Å². The van der Waals surface area contributed by atoms with Gasteiger partial charge in [-0.1, -0.05) is 35.9 Å². The molecule has 0 amide bonds. The number of halogens is 2. The van der Waals surface area contributed by atoms with Crippen LogP contribution in [0.4, 0.5) is 4.39 Å². The van der Waals surface area contributed by atoms with E-state index in [-0.39, 0.29) is 5.82 Å². The first kappa shape index (κ1) is 11.2. The highest BCUT2D eigenvalue weighted by atomic mass is 35.5. The lowest BCUT2D eigenvalue weighted by Gasteiger charge is -2.12. The molecule has 0 fully saturated rings. The van der Waals surface area contributed by atoms with Crippen molar-refractivity contribution in [2.24, 2.45) is 0 Å². The van der Waals surface area contributed by atoms with Crippen LogP contribution < -0.4 is 0 Å². The summed E-state index contributed by atoms with van der Waals surface area (Å²) in [6.07, 6.45) is 0. The first-order chi connectivity index (χ1) is 7.61. The maximum atomic E-state index is 13.8. The minimum Gasteiger partial charge on any atom is -0.206 e. The Morgan fingerprint density at radius 1 is 0.875 bits per heavy atom. The molecular weight excluding hydrogens is 223 g/mol. The van der Waals surface area contributed by atoms with Gasteiger partial charge in [0.15, 0.2) is 0 Å². The van der Waals surface area contributed by atoms with E-state index >= 15 is 0 Å². The standard InChI is InChI=1S/C14H12ClF/c1-9-5-3-7-11(15)13(9)14-10(2)6-4-8-12(14)16/h3-8H,1-2H3. The Morgan fingerprint density at radius 3 is 2.00 bits per heavy atom. The normalized spacial score (nSPS) is 10.5. The molecule has 2 rings (SSSR count). The fraction of sp³-hybridized carbons (Fsp3) is 0.143. The molecule has 82 valence electrons. The van der Waals surface area contributed by atoms with Crippen molar-refractivity contribution in [1.29, 1.82) is 0 Å². The van der Waals surface area contributed by atoms with Gasteiger partial charge in [0.05, 0.1) is 0 Å². The minimum absolute atomic E-state index is 0.226. The molecule has 0 nitrogen and oxygen atoms in total. The zero-order chi connectivity index (χ0) is 11.7. The zero-order valence-corrected chi connectivity index (χ0v) is 9.98. The molecule has 2 heteroatoms. The fourth-order valence-electron chi connectivity index (χ4n) is 1.90. The summed E-state index contributed by atoms with van der Waals surface area (Å²) in [4.78, 5) is 0. The lowest BCUT2D eigenvalue weighted by atomic mass is 9.96. The van der Waals surface area contributed by atoms with Crippen molar-refractivity contribution in [2.75, 3.05) is 0 Å². The van der Waals surface area contributed by atoms with Crippen LogP contribution >= 0.6 is 11.6 Å². The molecule has 0 radical (unpaired) electrons. The van der Waals surface area contributed by atoms with Crippen molar-refractivity contribution in [2.45, 2.75) is 13.8 Å². The molecule has 0 bridgehead atoms. The van der Waals surface area contributed by atoms with Gasteiger partial charge < -0.3 is 0 Å². The highest BCUT2D eigenvalue weighted by Crippen LogP contribution is 2.34. The third kappa shape index (κ3) is 1.83. The van der Waals surface area contributed by atoms with Gasteiger partial charge in [0.2, 0.25) is 0 Å². The summed E-state index contributed by atoms with van der Waals surface area (Å²) in [6, 6.07) is 10.7. The molecule has 0 unspecified atom stereocenters. The lowest BCUT2D eigenvalue weighted by molar-refractivity contribution is 0.630. The number of aryl methyl sites for hydroxylation is 2. The summed E-state index contributed by atoms with van der Waals surface area (Å²) in [5.41, 5.74) is 3.28. The van der Waals surface area contributed by atoms with Gasteiger partial charge in [-0.05, 0) is 37.1 Å². The highest BCUT2D eigenvalue weighted by Gasteiger charge is 2.13. The predicted octanol–water partition coefficient (Wildman–Crippen LogP) is 4.76. The van der Waals surface area contributed by atoms with E-state index in [2.05, 4.69) is 0 Å². The predicted molar refractivity (Wildman–Crippen MR) is 66.3 cm³/mol. The second-order valence-corrected chi connectivity index (χ2v) is 4.27. The van der Waals surface area contributed by atoms with Gasteiger partial charge in [0, 0.05) is 16.1 Å². The smallest absolute Gasteiger partial charge is 0.131 e. The topological polar surface area (TPSA) is 0 Å². The van der Waals surface area contributed by atoms with Crippen LogP contribution in [0.5, 0.6) is 0 Å². The van der Waals surface area contributed by atoms with Crippen LogP contribution in [0.15, 0.2) is 36.4 Å². The summed E-state index contributed by atoms with van der Waals surface area (Å²) < 4.78 is 13.8. The molecule has 0 aliphatic heterocycles. The van der Waals surface area contributed by atoms with E-state index in [4.69, 9.17) is 11.6 Å². The second-order valence-electron chi connectivity index (χ2n) is 3.86. The number of hydrogen-bond donors (Lipinski definition) is 0. The van der Waals surface area contributed by atoms with E-state index in [0.717, 1.165) is 16.7 Å². The van der Waals surface area contributed by atoms with Crippen molar-refractivity contribution in [3.63, 3.8) is 0 Å². The molecule has 0 atom stereocenters. The minimum atomic E-state index is -0.226. The van der Waals surface area contributed by atoms with Crippen LogP contribution in [0.2, 0.25) is 5.02 Å². The summed E-state index contributed by atoms with van der Waals surface area (Å²) in [6.45, 7) is 3.83. The van der Waals surface area contributed by atoms with E-state index in [0.29, 0.717) is 10.6 Å². The van der Waals surface area contributed by atoms with E-state index in [9.17, 15) is 4.39 Å². The molecule has 0 heterocycles. The Kier molecular flexibility index (Phi) is 2.97. The Morgan fingerprint density at radius 2 is 1.44 bits per heavy atom. The molecule has 0 saturated carbocycles. The van der Waals surface area contributed by atoms with Gasteiger partial charge >= 0.3 is 0 Å². The van der Waals surface area contributed by atoms with Crippen LogP contribution in [0.1, 0.15) is 11.1 Å². The Hall–Kier alpha value is -1.34. The molecular formula is C14H12ClF. The van der Waals surface area contributed by atoms with Crippen molar-refractivity contribution in [3.05, 3.63) is 58.4 Å². The summed E-state index contributed by atoms with van der Waals surface area (Å²) >= 11 is 6.14. The largest absolute Gasteiger partial charge is 0.206 e. The average Bonchev–Trinajstić information content (AvgIpc) is 2.21. The molecule has 16 heavy (non-hydrogen) atoms. The van der Waals surface area contributed by atoms with Gasteiger partial charge in [0.1, 0.15) is 5.82 Å². The maximum Gasteiger partial charge on any atom is 0.131 e. The van der Waals surface area contributed by atoms with Crippen LogP contribution in [0.3, 0.4) is 0 Å². The number of benzene rings is 2. The summed E-state index contributed by atoms with van der Waals surface area (Å²) in [5.74, 6) is -0.226. The SMILES string of the molecule is Cc1cccc(F)c1-c1c(C)cccc1Cl. The van der Waals surface area contributed by atoms with Crippen LogP contribution in [-0.2, 0) is 0 Å². The quantitative estimate of drug-likeness (QED) is 0.667. The second kappa shape index (κ2) is 4.26. The zero-order valence-electron chi connectivity index (χ0n) is 9.22. The van der Waals surface area contributed by atoms with Gasteiger partial charge in [0.25, 0.3) is 0 Å². The molecule has 0 aliphatic rings. The molecule has 0 aromatic heterocycles. The maximum absolute atomic E-state index is 13.8. The number of hydrogen-bond acceptors (Lipinski definition) is 0. The van der Waals surface area contributed by atoms with Gasteiger partial charge in [-0.25, -0.2) is 4.39 Å². The van der Waals surface area contributed by atoms with Gasteiger partial charge in [-0.2, -0.15) is 0 Å².